The molecule has 0 saturated carbocycles. The summed E-state index contributed by atoms with van der Waals surface area (Å²) in [4.78, 5) is 20.9. The Morgan fingerprint density at radius 3 is 2.84 bits per heavy atom. The highest BCUT2D eigenvalue weighted by atomic mass is 32.1. The molecule has 7 heteroatoms. The molecular formula is C18H15N3O3S. The lowest BCUT2D eigenvalue weighted by Crippen LogP contribution is -2.17. The molecule has 0 unspecified atom stereocenters. The van der Waals surface area contributed by atoms with E-state index in [4.69, 9.17) is 9.47 Å². The molecule has 0 atom stereocenters. The summed E-state index contributed by atoms with van der Waals surface area (Å²) in [5.74, 6) is 1.28. The summed E-state index contributed by atoms with van der Waals surface area (Å²) in [6, 6.07) is 11.2. The minimum absolute atomic E-state index is 0.126. The first-order chi connectivity index (χ1) is 12.3. The minimum atomic E-state index is -0.126. The summed E-state index contributed by atoms with van der Waals surface area (Å²) in [6.07, 6.45) is 1.96. The van der Waals surface area contributed by atoms with Crippen molar-refractivity contribution in [2.24, 2.45) is 0 Å². The molecule has 0 bridgehead atoms. The summed E-state index contributed by atoms with van der Waals surface area (Å²) in [5, 5.41) is 5.26. The van der Waals surface area contributed by atoms with Crippen LogP contribution in [-0.4, -0.2) is 29.1 Å². The molecule has 0 aliphatic carbocycles. The number of nitrogens with zero attached hydrogens (tertiary/aromatic N) is 2. The van der Waals surface area contributed by atoms with Gasteiger partial charge in [0.05, 0.1) is 12.1 Å². The number of aromatic nitrogens is 2. The van der Waals surface area contributed by atoms with Crippen molar-refractivity contribution in [1.29, 1.82) is 0 Å². The van der Waals surface area contributed by atoms with Crippen LogP contribution in [0.15, 0.2) is 48.0 Å². The molecule has 1 aliphatic rings. The van der Waals surface area contributed by atoms with Gasteiger partial charge < -0.3 is 14.8 Å². The Morgan fingerprint density at radius 1 is 1.12 bits per heavy atom. The summed E-state index contributed by atoms with van der Waals surface area (Å²) in [6.45, 7) is 1.08. The third-order valence-electron chi connectivity index (χ3n) is 3.65. The fourth-order valence-corrected chi connectivity index (χ4v) is 3.23. The number of nitrogens with one attached hydrogen (secondary N) is 1. The SMILES string of the molecule is O=C(Cc1ccc2c(c1)OCCO2)Nc1nc(-c2ccccn2)cs1. The molecule has 126 valence electrons. The first-order valence-corrected chi connectivity index (χ1v) is 8.71. The lowest BCUT2D eigenvalue weighted by Gasteiger charge is -2.18. The highest BCUT2D eigenvalue weighted by Crippen LogP contribution is 2.31. The maximum absolute atomic E-state index is 12.3. The zero-order chi connectivity index (χ0) is 17.1. The van der Waals surface area contributed by atoms with E-state index in [-0.39, 0.29) is 12.3 Å². The molecule has 0 fully saturated rings. The van der Waals surface area contributed by atoms with Gasteiger partial charge in [-0.1, -0.05) is 12.1 Å². The number of hydrogen-bond acceptors (Lipinski definition) is 6. The Balaban J connectivity index is 1.42. The number of benzene rings is 1. The molecule has 4 rings (SSSR count). The number of carbonyl (C=O) groups excluding carboxylic acids is 1. The van der Waals surface area contributed by atoms with Gasteiger partial charge in [0.2, 0.25) is 5.91 Å². The normalized spacial score (nSPS) is 12.6. The summed E-state index contributed by atoms with van der Waals surface area (Å²) in [7, 11) is 0. The third kappa shape index (κ3) is 3.61. The number of rotatable bonds is 4. The van der Waals surface area contributed by atoms with Gasteiger partial charge in [-0.25, -0.2) is 4.98 Å². The molecule has 1 aromatic carbocycles. The van der Waals surface area contributed by atoms with Crippen LogP contribution in [0.4, 0.5) is 5.13 Å². The summed E-state index contributed by atoms with van der Waals surface area (Å²) in [5.41, 5.74) is 2.40. The van der Waals surface area contributed by atoms with Crippen molar-refractivity contribution < 1.29 is 14.3 Å². The van der Waals surface area contributed by atoms with Crippen LogP contribution in [-0.2, 0) is 11.2 Å². The van der Waals surface area contributed by atoms with Crippen LogP contribution in [0.3, 0.4) is 0 Å². The standard InChI is InChI=1S/C18H15N3O3S/c22-17(10-12-4-5-15-16(9-12)24-8-7-23-15)21-18-20-14(11-25-18)13-3-1-2-6-19-13/h1-6,9,11H,7-8,10H2,(H,20,21,22). The third-order valence-corrected chi connectivity index (χ3v) is 4.41. The van der Waals surface area contributed by atoms with Crippen molar-refractivity contribution in [3.8, 4) is 22.9 Å². The topological polar surface area (TPSA) is 73.3 Å². The number of thiazole rings is 1. The highest BCUT2D eigenvalue weighted by Gasteiger charge is 2.14. The highest BCUT2D eigenvalue weighted by molar-refractivity contribution is 7.14. The number of pyridine rings is 1. The van der Waals surface area contributed by atoms with Crippen molar-refractivity contribution in [2.45, 2.75) is 6.42 Å². The first-order valence-electron chi connectivity index (χ1n) is 7.83. The average molecular weight is 353 g/mol. The van der Waals surface area contributed by atoms with Crippen molar-refractivity contribution in [3.63, 3.8) is 0 Å². The zero-order valence-electron chi connectivity index (χ0n) is 13.3. The van der Waals surface area contributed by atoms with E-state index >= 15 is 0 Å². The Labute approximate surface area is 148 Å². The van der Waals surface area contributed by atoms with Gasteiger partial charge in [0.25, 0.3) is 0 Å². The van der Waals surface area contributed by atoms with Crippen molar-refractivity contribution in [2.75, 3.05) is 18.5 Å². The van der Waals surface area contributed by atoms with E-state index in [0.29, 0.717) is 24.1 Å². The van der Waals surface area contributed by atoms with Crippen LogP contribution in [0.2, 0.25) is 0 Å². The van der Waals surface area contributed by atoms with Crippen molar-refractivity contribution in [3.05, 3.63) is 53.5 Å². The van der Waals surface area contributed by atoms with E-state index in [1.54, 1.807) is 6.20 Å². The van der Waals surface area contributed by atoms with E-state index in [2.05, 4.69) is 15.3 Å². The van der Waals surface area contributed by atoms with Gasteiger partial charge in [-0.05, 0) is 29.8 Å². The average Bonchev–Trinajstić information content (AvgIpc) is 3.10. The molecule has 3 aromatic rings. The second-order valence-corrected chi connectivity index (χ2v) is 6.31. The second kappa shape index (κ2) is 6.90. The predicted octanol–water partition coefficient (Wildman–Crippen LogP) is 3.16. The van der Waals surface area contributed by atoms with E-state index in [0.717, 1.165) is 22.7 Å². The van der Waals surface area contributed by atoms with Gasteiger partial charge in [0, 0.05) is 11.6 Å². The molecule has 1 N–H and O–H groups in total. The van der Waals surface area contributed by atoms with Crippen LogP contribution >= 0.6 is 11.3 Å². The number of hydrogen-bond donors (Lipinski definition) is 1. The monoisotopic (exact) mass is 353 g/mol. The molecular weight excluding hydrogens is 338 g/mol. The van der Waals surface area contributed by atoms with Gasteiger partial charge in [0.15, 0.2) is 16.6 Å². The summed E-state index contributed by atoms with van der Waals surface area (Å²) < 4.78 is 11.0. The smallest absolute Gasteiger partial charge is 0.230 e. The van der Waals surface area contributed by atoms with Crippen LogP contribution in [0, 0.1) is 0 Å². The number of anilines is 1. The fraction of sp³-hybridized carbons (Fsp3) is 0.167. The van der Waals surface area contributed by atoms with Crippen LogP contribution < -0.4 is 14.8 Å². The molecule has 0 saturated heterocycles. The number of amides is 1. The lowest BCUT2D eigenvalue weighted by atomic mass is 10.1. The number of fused-ring (bicyclic) bond motifs is 1. The second-order valence-electron chi connectivity index (χ2n) is 5.46. The van der Waals surface area contributed by atoms with Crippen molar-refractivity contribution >= 4 is 22.4 Å². The first kappa shape index (κ1) is 15.6. The van der Waals surface area contributed by atoms with Gasteiger partial charge in [-0.3, -0.25) is 9.78 Å². The van der Waals surface area contributed by atoms with Gasteiger partial charge in [-0.2, -0.15) is 0 Å². The maximum atomic E-state index is 12.3. The summed E-state index contributed by atoms with van der Waals surface area (Å²) >= 11 is 1.38. The predicted molar refractivity (Wildman–Crippen MR) is 95.1 cm³/mol. The van der Waals surface area contributed by atoms with Crippen LogP contribution in [0.25, 0.3) is 11.4 Å². The van der Waals surface area contributed by atoms with Gasteiger partial charge in [0.1, 0.15) is 18.9 Å². The molecule has 0 radical (unpaired) electrons. The zero-order valence-corrected chi connectivity index (χ0v) is 14.1. The Bertz CT molecular complexity index is 896. The molecule has 2 aromatic heterocycles. The van der Waals surface area contributed by atoms with E-state index < -0.39 is 0 Å². The van der Waals surface area contributed by atoms with E-state index in [9.17, 15) is 4.79 Å². The Kier molecular flexibility index (Phi) is 4.30. The molecule has 3 heterocycles. The molecule has 1 aliphatic heterocycles. The molecule has 0 spiro atoms. The van der Waals surface area contributed by atoms with Gasteiger partial charge in [-0.15, -0.1) is 11.3 Å². The van der Waals surface area contributed by atoms with Crippen molar-refractivity contribution in [1.82, 2.24) is 9.97 Å². The molecule has 25 heavy (non-hydrogen) atoms. The van der Waals surface area contributed by atoms with E-state index in [1.807, 2.05) is 41.8 Å². The van der Waals surface area contributed by atoms with Gasteiger partial charge >= 0.3 is 0 Å². The minimum Gasteiger partial charge on any atom is -0.486 e. The Morgan fingerprint density at radius 2 is 2.00 bits per heavy atom. The van der Waals surface area contributed by atoms with Crippen LogP contribution in [0.1, 0.15) is 5.56 Å². The quantitative estimate of drug-likeness (QED) is 0.780. The lowest BCUT2D eigenvalue weighted by molar-refractivity contribution is -0.115. The maximum Gasteiger partial charge on any atom is 0.230 e. The molecule has 1 amide bonds. The number of ether oxygens (including phenoxy) is 2. The Hall–Kier alpha value is -2.93. The number of carbonyl (C=O) groups is 1. The fourth-order valence-electron chi connectivity index (χ4n) is 2.51. The molecule has 6 nitrogen and oxygen atoms in total. The van der Waals surface area contributed by atoms with E-state index in [1.165, 1.54) is 11.3 Å². The largest absolute Gasteiger partial charge is 0.486 e. The van der Waals surface area contributed by atoms with Crippen LogP contribution in [0.5, 0.6) is 11.5 Å².